The molecular weight excluding hydrogens is 283 g/mol. The molecule has 0 aliphatic heterocycles. The molecule has 0 aliphatic rings. The van der Waals surface area contributed by atoms with Crippen molar-refractivity contribution in [3.05, 3.63) is 64.9 Å². The number of aromatic nitrogens is 1. The van der Waals surface area contributed by atoms with E-state index in [1.165, 1.54) is 0 Å². The maximum Gasteiger partial charge on any atom is 0.247 e. The zero-order valence-electron chi connectivity index (χ0n) is 10.4. The molecule has 0 amide bonds. The van der Waals surface area contributed by atoms with Gasteiger partial charge in [0.05, 0.1) is 0 Å². The molecule has 2 rings (SSSR count). The van der Waals surface area contributed by atoms with Crippen molar-refractivity contribution < 1.29 is 22.4 Å². The first-order chi connectivity index (χ1) is 8.75. The lowest BCUT2D eigenvalue weighted by molar-refractivity contribution is -0.758. The number of benzene rings is 1. The Morgan fingerprint density at radius 2 is 1.95 bits per heavy atom. The summed E-state index contributed by atoms with van der Waals surface area (Å²) in [5.41, 5.74) is 2.80. The first kappa shape index (κ1) is 15.5. The normalized spacial score (nSPS) is 10.7. The van der Waals surface area contributed by atoms with E-state index in [2.05, 4.69) is 10.1 Å². The van der Waals surface area contributed by atoms with Crippen LogP contribution < -0.4 is 17.6 Å². The summed E-state index contributed by atoms with van der Waals surface area (Å²) in [4.78, 5) is 9.62. The second kappa shape index (κ2) is 7.77. The molecule has 1 N–H and O–H groups in total. The molecule has 0 saturated carbocycles. The zero-order chi connectivity index (χ0) is 12.8. The van der Waals surface area contributed by atoms with E-state index in [1.807, 2.05) is 49.4 Å². The average Bonchev–Trinajstić information content (AvgIpc) is 2.42. The summed E-state index contributed by atoms with van der Waals surface area (Å²) in [6, 6.07) is 13.3. The molecule has 19 heavy (non-hydrogen) atoms. The van der Waals surface area contributed by atoms with Crippen molar-refractivity contribution in [2.24, 2.45) is 0 Å². The van der Waals surface area contributed by atoms with Crippen molar-refractivity contribution in [2.45, 2.75) is 13.5 Å². The van der Waals surface area contributed by atoms with Gasteiger partial charge in [0.15, 0.2) is 6.61 Å². The molecule has 0 radical (unpaired) electrons. The smallest absolute Gasteiger partial charge is 0.247 e. The number of halogens is 2. The second-order valence-corrected chi connectivity index (χ2v) is 4.29. The SMILES string of the molecule is CC(=[NH+]OCc1ccc(Cl)cc1)c1ccccn1.[Cl-]. The van der Waals surface area contributed by atoms with Crippen LogP contribution in [0.4, 0.5) is 0 Å². The highest BCUT2D eigenvalue weighted by molar-refractivity contribution is 6.30. The molecule has 1 aromatic heterocycles. The molecule has 0 bridgehead atoms. The van der Waals surface area contributed by atoms with Gasteiger partial charge in [-0.3, -0.25) is 9.82 Å². The summed E-state index contributed by atoms with van der Waals surface area (Å²) in [7, 11) is 0. The van der Waals surface area contributed by atoms with Crippen LogP contribution in [0.25, 0.3) is 0 Å². The van der Waals surface area contributed by atoms with Crippen LogP contribution in [-0.2, 0) is 11.4 Å². The summed E-state index contributed by atoms with van der Waals surface area (Å²) >= 11 is 5.81. The first-order valence-electron chi connectivity index (χ1n) is 5.63. The van der Waals surface area contributed by atoms with Gasteiger partial charge in [-0.2, -0.15) is 0 Å². The summed E-state index contributed by atoms with van der Waals surface area (Å²) in [5.74, 6) is 0. The number of nitrogens with one attached hydrogen (secondary N) is 1. The summed E-state index contributed by atoms with van der Waals surface area (Å²) in [5, 5.41) is 3.61. The fourth-order valence-electron chi connectivity index (χ4n) is 1.45. The van der Waals surface area contributed by atoms with Crippen LogP contribution >= 0.6 is 11.6 Å². The molecule has 3 nitrogen and oxygen atoms in total. The predicted octanol–water partition coefficient (Wildman–Crippen LogP) is -1.24. The third kappa shape index (κ3) is 4.89. The summed E-state index contributed by atoms with van der Waals surface area (Å²) < 4.78 is 0. The van der Waals surface area contributed by atoms with Crippen molar-refractivity contribution >= 4 is 17.3 Å². The number of nitrogens with zero attached hydrogens (tertiary/aromatic N) is 1. The largest absolute Gasteiger partial charge is 1.00 e. The van der Waals surface area contributed by atoms with E-state index in [0.717, 1.165) is 22.0 Å². The van der Waals surface area contributed by atoms with E-state index >= 15 is 0 Å². The van der Waals surface area contributed by atoms with Gasteiger partial charge in [0.1, 0.15) is 5.69 Å². The van der Waals surface area contributed by atoms with Crippen molar-refractivity contribution in [3.63, 3.8) is 0 Å². The Bertz CT molecular complexity index is 527. The van der Waals surface area contributed by atoms with Crippen LogP contribution in [0.3, 0.4) is 0 Å². The van der Waals surface area contributed by atoms with Gasteiger partial charge in [-0.1, -0.05) is 29.8 Å². The van der Waals surface area contributed by atoms with Crippen LogP contribution in [-0.4, -0.2) is 10.7 Å². The number of pyridine rings is 1. The van der Waals surface area contributed by atoms with Gasteiger partial charge in [-0.05, 0) is 35.0 Å². The van der Waals surface area contributed by atoms with Gasteiger partial charge in [0, 0.05) is 18.1 Å². The van der Waals surface area contributed by atoms with E-state index in [0.29, 0.717) is 6.61 Å². The van der Waals surface area contributed by atoms with Crippen molar-refractivity contribution in [2.75, 3.05) is 0 Å². The highest BCUT2D eigenvalue weighted by atomic mass is 35.5. The van der Waals surface area contributed by atoms with E-state index < -0.39 is 0 Å². The summed E-state index contributed by atoms with van der Waals surface area (Å²) in [6.07, 6.45) is 1.75. The van der Waals surface area contributed by atoms with E-state index in [-0.39, 0.29) is 12.4 Å². The Labute approximate surface area is 123 Å². The van der Waals surface area contributed by atoms with Crippen molar-refractivity contribution in [1.82, 2.24) is 4.98 Å². The van der Waals surface area contributed by atoms with Crippen LogP contribution in [0.5, 0.6) is 0 Å². The first-order valence-corrected chi connectivity index (χ1v) is 6.01. The van der Waals surface area contributed by atoms with E-state index in [4.69, 9.17) is 16.4 Å². The lowest BCUT2D eigenvalue weighted by Crippen LogP contribution is -3.00. The van der Waals surface area contributed by atoms with Crippen LogP contribution in [0.2, 0.25) is 5.02 Å². The molecule has 0 spiro atoms. The number of rotatable bonds is 4. The lowest BCUT2D eigenvalue weighted by atomic mass is 10.2. The Morgan fingerprint density at radius 3 is 2.58 bits per heavy atom. The lowest BCUT2D eigenvalue weighted by Gasteiger charge is -1.97. The third-order valence-electron chi connectivity index (χ3n) is 2.43. The monoisotopic (exact) mass is 296 g/mol. The molecule has 0 unspecified atom stereocenters. The van der Waals surface area contributed by atoms with Gasteiger partial charge in [-0.25, -0.2) is 0 Å². The molecule has 2 aromatic rings. The van der Waals surface area contributed by atoms with Crippen LogP contribution in [0.1, 0.15) is 18.2 Å². The minimum absolute atomic E-state index is 0. The van der Waals surface area contributed by atoms with Crippen molar-refractivity contribution in [3.8, 4) is 0 Å². The average molecular weight is 297 g/mol. The second-order valence-electron chi connectivity index (χ2n) is 3.86. The maximum atomic E-state index is 5.81. The molecule has 1 aromatic carbocycles. The minimum Gasteiger partial charge on any atom is -1.00 e. The fourth-order valence-corrected chi connectivity index (χ4v) is 1.57. The quantitative estimate of drug-likeness (QED) is 0.566. The fraction of sp³-hybridized carbons (Fsp3) is 0.143. The molecule has 0 atom stereocenters. The molecule has 100 valence electrons. The van der Waals surface area contributed by atoms with Gasteiger partial charge < -0.3 is 12.4 Å². The molecule has 1 heterocycles. The predicted molar refractivity (Wildman–Crippen MR) is 71.2 cm³/mol. The number of hydrogen-bond acceptors (Lipinski definition) is 2. The Kier molecular flexibility index (Phi) is 6.33. The van der Waals surface area contributed by atoms with Gasteiger partial charge in [0.25, 0.3) is 0 Å². The topological polar surface area (TPSA) is 36.1 Å². The minimum atomic E-state index is 0. The maximum absolute atomic E-state index is 5.81. The molecule has 5 heteroatoms. The Hall–Kier alpha value is -1.58. The molecule has 0 aliphatic carbocycles. The van der Waals surface area contributed by atoms with Gasteiger partial charge in [-0.15, -0.1) is 0 Å². The molecular formula is C14H14Cl2N2O. The zero-order valence-corrected chi connectivity index (χ0v) is 11.9. The Balaban J connectivity index is 0.00000180. The molecule has 0 fully saturated rings. The van der Waals surface area contributed by atoms with Gasteiger partial charge in [0.2, 0.25) is 5.71 Å². The standard InChI is InChI=1S/C14H13ClN2O.ClH/c1-11(14-4-2-3-9-16-14)17-18-10-12-5-7-13(15)8-6-12;/h2-9H,10H2,1H3;1H. The van der Waals surface area contributed by atoms with Crippen LogP contribution in [0, 0.1) is 0 Å². The molecule has 0 saturated heterocycles. The number of hydrogen-bond donors (Lipinski definition) is 1. The van der Waals surface area contributed by atoms with E-state index in [9.17, 15) is 0 Å². The van der Waals surface area contributed by atoms with Gasteiger partial charge >= 0.3 is 0 Å². The van der Waals surface area contributed by atoms with Crippen molar-refractivity contribution in [1.29, 1.82) is 0 Å². The Morgan fingerprint density at radius 1 is 1.21 bits per heavy atom. The highest BCUT2D eigenvalue weighted by Crippen LogP contribution is 2.09. The summed E-state index contributed by atoms with van der Waals surface area (Å²) in [6.45, 7) is 2.39. The van der Waals surface area contributed by atoms with E-state index in [1.54, 1.807) is 6.20 Å². The van der Waals surface area contributed by atoms with Crippen LogP contribution in [0.15, 0.2) is 48.7 Å². The highest BCUT2D eigenvalue weighted by Gasteiger charge is 2.04. The third-order valence-corrected chi connectivity index (χ3v) is 2.68.